The molecular weight excluding hydrogens is 322 g/mol. The molecule has 0 atom stereocenters. The summed E-state index contributed by atoms with van der Waals surface area (Å²) in [4.78, 5) is 4.67. The number of nitrogens with zero attached hydrogens (tertiary/aromatic N) is 3. The summed E-state index contributed by atoms with van der Waals surface area (Å²) in [6, 6.07) is 9.87. The molecule has 2 heterocycles. The average molecular weight is 332 g/mol. The molecule has 3 aromatic rings. The first-order chi connectivity index (χ1) is 9.22. The van der Waals surface area contributed by atoms with Crippen molar-refractivity contribution in [1.29, 1.82) is 5.26 Å². The Balaban J connectivity index is 2.27. The maximum Gasteiger partial charge on any atom is 0.141 e. The van der Waals surface area contributed by atoms with Gasteiger partial charge in [-0.2, -0.15) is 5.26 Å². The third-order valence-corrected chi connectivity index (χ3v) is 4.52. The average Bonchev–Trinajstić information content (AvgIpc) is 3.00. The molecule has 0 saturated heterocycles. The summed E-state index contributed by atoms with van der Waals surface area (Å²) in [5, 5.41) is 11.0. The van der Waals surface area contributed by atoms with E-state index in [0.29, 0.717) is 5.56 Å². The Morgan fingerprint density at radius 1 is 1.42 bits per heavy atom. The molecule has 0 N–H and O–H groups in total. The molecule has 0 amide bonds. The van der Waals surface area contributed by atoms with Crippen LogP contribution in [-0.4, -0.2) is 9.55 Å². The van der Waals surface area contributed by atoms with Crippen LogP contribution in [0.2, 0.25) is 0 Å². The van der Waals surface area contributed by atoms with E-state index in [9.17, 15) is 0 Å². The van der Waals surface area contributed by atoms with Crippen LogP contribution in [0.25, 0.3) is 22.4 Å². The molecule has 0 bridgehead atoms. The van der Waals surface area contributed by atoms with E-state index in [1.165, 1.54) is 0 Å². The number of fused-ring (bicyclic) bond motifs is 1. The van der Waals surface area contributed by atoms with Crippen molar-refractivity contribution in [2.24, 2.45) is 0 Å². The lowest BCUT2D eigenvalue weighted by molar-refractivity contribution is 0.797. The summed E-state index contributed by atoms with van der Waals surface area (Å²) in [5.41, 5.74) is 3.69. The summed E-state index contributed by atoms with van der Waals surface area (Å²) in [6.45, 7) is 2.95. The van der Waals surface area contributed by atoms with E-state index in [1.807, 2.05) is 18.2 Å². The van der Waals surface area contributed by atoms with Crippen LogP contribution in [0.5, 0.6) is 0 Å². The molecule has 3 rings (SSSR count). The Hall–Kier alpha value is -1.64. The van der Waals surface area contributed by atoms with Crippen molar-refractivity contribution in [2.45, 2.75) is 13.5 Å². The number of aromatic nitrogens is 2. The number of aryl methyl sites for hydroxylation is 1. The molecule has 0 aliphatic carbocycles. The van der Waals surface area contributed by atoms with Crippen LogP contribution >= 0.6 is 27.3 Å². The van der Waals surface area contributed by atoms with Gasteiger partial charge in [0.2, 0.25) is 0 Å². The predicted molar refractivity (Wildman–Crippen MR) is 81.1 cm³/mol. The molecule has 0 radical (unpaired) electrons. The van der Waals surface area contributed by atoms with Crippen molar-refractivity contribution in [2.75, 3.05) is 0 Å². The Morgan fingerprint density at radius 3 is 2.89 bits per heavy atom. The molecular formula is C14H10BrN3S. The van der Waals surface area contributed by atoms with Crippen LogP contribution in [0.1, 0.15) is 12.5 Å². The van der Waals surface area contributed by atoms with Crippen LogP contribution in [-0.2, 0) is 6.54 Å². The van der Waals surface area contributed by atoms with E-state index in [2.05, 4.69) is 49.9 Å². The highest BCUT2D eigenvalue weighted by Gasteiger charge is 2.13. The highest BCUT2D eigenvalue weighted by Crippen LogP contribution is 2.31. The molecule has 3 nitrogen and oxygen atoms in total. The predicted octanol–water partition coefficient (Wildman–Crippen LogP) is 4.42. The number of thiophene rings is 1. The fourth-order valence-electron chi connectivity index (χ4n) is 2.17. The Labute approximate surface area is 123 Å². The maximum atomic E-state index is 8.96. The lowest BCUT2D eigenvalue weighted by Crippen LogP contribution is -1.96. The zero-order chi connectivity index (χ0) is 13.4. The second kappa shape index (κ2) is 4.80. The van der Waals surface area contributed by atoms with E-state index in [0.717, 1.165) is 32.8 Å². The fraction of sp³-hybridized carbons (Fsp3) is 0.143. The Morgan fingerprint density at radius 2 is 2.26 bits per heavy atom. The number of halogens is 1. The van der Waals surface area contributed by atoms with E-state index in [1.54, 1.807) is 11.3 Å². The molecule has 0 unspecified atom stereocenters. The third kappa shape index (κ3) is 2.07. The molecule has 19 heavy (non-hydrogen) atoms. The molecule has 0 fully saturated rings. The quantitative estimate of drug-likeness (QED) is 0.697. The van der Waals surface area contributed by atoms with Gasteiger partial charge in [0, 0.05) is 17.5 Å². The Bertz CT molecular complexity index is 795. The van der Waals surface area contributed by atoms with E-state index in [-0.39, 0.29) is 0 Å². The molecule has 0 spiro atoms. The van der Waals surface area contributed by atoms with Gasteiger partial charge in [0.05, 0.1) is 26.5 Å². The van der Waals surface area contributed by atoms with Crippen LogP contribution < -0.4 is 0 Å². The summed E-state index contributed by atoms with van der Waals surface area (Å²) in [7, 11) is 0. The zero-order valence-corrected chi connectivity index (χ0v) is 12.6. The van der Waals surface area contributed by atoms with Crippen molar-refractivity contribution in [3.8, 4) is 17.5 Å². The molecule has 0 saturated carbocycles. The van der Waals surface area contributed by atoms with Gasteiger partial charge in [-0.3, -0.25) is 0 Å². The van der Waals surface area contributed by atoms with Gasteiger partial charge in [-0.05, 0) is 47.1 Å². The summed E-state index contributed by atoms with van der Waals surface area (Å²) < 4.78 is 3.26. The highest BCUT2D eigenvalue weighted by molar-refractivity contribution is 9.11. The minimum Gasteiger partial charge on any atom is -0.324 e. The van der Waals surface area contributed by atoms with Crippen molar-refractivity contribution < 1.29 is 0 Å². The first kappa shape index (κ1) is 12.4. The van der Waals surface area contributed by atoms with E-state index in [4.69, 9.17) is 5.26 Å². The fourth-order valence-corrected chi connectivity index (χ4v) is 3.30. The summed E-state index contributed by atoms with van der Waals surface area (Å²) in [6.07, 6.45) is 0. The normalized spacial score (nSPS) is 10.8. The summed E-state index contributed by atoms with van der Waals surface area (Å²) in [5.74, 6) is 0.953. The maximum absolute atomic E-state index is 8.96. The third-order valence-electron chi connectivity index (χ3n) is 3.02. The van der Waals surface area contributed by atoms with Gasteiger partial charge in [0.15, 0.2) is 0 Å². The number of rotatable bonds is 2. The number of nitriles is 1. The second-order valence-electron chi connectivity index (χ2n) is 4.13. The zero-order valence-electron chi connectivity index (χ0n) is 10.2. The number of hydrogen-bond acceptors (Lipinski definition) is 3. The van der Waals surface area contributed by atoms with Crippen molar-refractivity contribution in [3.63, 3.8) is 0 Å². The molecule has 0 aliphatic heterocycles. The van der Waals surface area contributed by atoms with Crippen LogP contribution in [0.3, 0.4) is 0 Å². The van der Waals surface area contributed by atoms with Crippen molar-refractivity contribution >= 4 is 38.3 Å². The largest absolute Gasteiger partial charge is 0.324 e. The molecule has 5 heteroatoms. The topological polar surface area (TPSA) is 41.6 Å². The van der Waals surface area contributed by atoms with E-state index < -0.39 is 0 Å². The van der Waals surface area contributed by atoms with Gasteiger partial charge in [-0.25, -0.2) is 4.98 Å². The molecule has 0 aliphatic rings. The minimum absolute atomic E-state index is 0.645. The van der Waals surface area contributed by atoms with Crippen LogP contribution in [0.15, 0.2) is 33.4 Å². The van der Waals surface area contributed by atoms with Crippen molar-refractivity contribution in [3.05, 3.63) is 39.0 Å². The molecule has 1 aromatic carbocycles. The Kier molecular flexibility index (Phi) is 3.13. The monoisotopic (exact) mass is 331 g/mol. The SMILES string of the molecule is CCn1c(-c2csc(Br)c2)nc2cc(C#N)ccc21. The molecule has 2 aromatic heterocycles. The van der Waals surface area contributed by atoms with Gasteiger partial charge < -0.3 is 4.57 Å². The van der Waals surface area contributed by atoms with Crippen LogP contribution in [0, 0.1) is 11.3 Å². The minimum atomic E-state index is 0.645. The lowest BCUT2D eigenvalue weighted by Gasteiger charge is -2.03. The van der Waals surface area contributed by atoms with Gasteiger partial charge in [0.25, 0.3) is 0 Å². The van der Waals surface area contributed by atoms with E-state index >= 15 is 0 Å². The van der Waals surface area contributed by atoms with Crippen LogP contribution in [0.4, 0.5) is 0 Å². The number of hydrogen-bond donors (Lipinski definition) is 0. The first-order valence-corrected chi connectivity index (χ1v) is 7.55. The molecule has 94 valence electrons. The number of benzene rings is 1. The van der Waals surface area contributed by atoms with Gasteiger partial charge in [-0.1, -0.05) is 0 Å². The number of imidazole rings is 1. The van der Waals surface area contributed by atoms with Crippen molar-refractivity contribution in [1.82, 2.24) is 9.55 Å². The summed E-state index contributed by atoms with van der Waals surface area (Å²) >= 11 is 5.13. The van der Waals surface area contributed by atoms with Gasteiger partial charge in [0.1, 0.15) is 5.82 Å². The first-order valence-electron chi connectivity index (χ1n) is 5.87. The highest BCUT2D eigenvalue weighted by atomic mass is 79.9. The van der Waals surface area contributed by atoms with Gasteiger partial charge >= 0.3 is 0 Å². The van der Waals surface area contributed by atoms with Gasteiger partial charge in [-0.15, -0.1) is 11.3 Å². The lowest BCUT2D eigenvalue weighted by atomic mass is 10.2. The smallest absolute Gasteiger partial charge is 0.141 e. The standard InChI is InChI=1S/C14H10BrN3S/c1-2-18-12-4-3-9(7-16)5-11(12)17-14(18)10-6-13(15)19-8-10/h3-6,8H,2H2,1H3. The second-order valence-corrected chi connectivity index (χ2v) is 6.42.